The van der Waals surface area contributed by atoms with E-state index in [-0.39, 0.29) is 0 Å². The van der Waals surface area contributed by atoms with Gasteiger partial charge in [0.25, 0.3) is 0 Å². The van der Waals surface area contributed by atoms with Gasteiger partial charge in [-0.3, -0.25) is 4.90 Å². The van der Waals surface area contributed by atoms with Crippen molar-refractivity contribution in [3.05, 3.63) is 33.8 Å². The second-order valence-corrected chi connectivity index (χ2v) is 6.63. The van der Waals surface area contributed by atoms with Crippen molar-refractivity contribution in [1.29, 1.82) is 0 Å². The van der Waals surface area contributed by atoms with Gasteiger partial charge in [0.2, 0.25) is 0 Å². The van der Waals surface area contributed by atoms with Crippen LogP contribution >= 0.6 is 23.2 Å². The molecule has 2 aliphatic rings. The summed E-state index contributed by atoms with van der Waals surface area (Å²) in [6, 6.07) is 6.42. The third kappa shape index (κ3) is 2.78. The number of hydrogen-bond acceptors (Lipinski definition) is 2. The molecule has 3 rings (SSSR count). The molecule has 0 aromatic heterocycles. The fourth-order valence-corrected chi connectivity index (χ4v) is 3.70. The summed E-state index contributed by atoms with van der Waals surface area (Å²) in [5.41, 5.74) is 1.26. The van der Waals surface area contributed by atoms with Crippen LogP contribution in [0.2, 0.25) is 10.0 Å². The van der Waals surface area contributed by atoms with Crippen LogP contribution in [0.3, 0.4) is 0 Å². The lowest BCUT2D eigenvalue weighted by Gasteiger charge is -2.38. The summed E-state index contributed by atoms with van der Waals surface area (Å²) in [5.74, 6) is 1.70. The predicted octanol–water partition coefficient (Wildman–Crippen LogP) is 3.60. The maximum atomic E-state index is 6.13. The molecule has 0 radical (unpaired) electrons. The van der Waals surface area contributed by atoms with Gasteiger partial charge in [-0.15, -0.1) is 0 Å². The van der Waals surface area contributed by atoms with Crippen molar-refractivity contribution < 1.29 is 0 Å². The average Bonchev–Trinajstić information content (AvgIpc) is 2.88. The first-order valence-electron chi connectivity index (χ1n) is 7.05. The van der Waals surface area contributed by atoms with Crippen LogP contribution in [0, 0.1) is 11.8 Å². The predicted molar refractivity (Wildman–Crippen MR) is 80.9 cm³/mol. The number of likely N-dealkylation sites (tertiary alicyclic amines) is 1. The number of fused-ring (bicyclic) bond motifs is 1. The topological polar surface area (TPSA) is 15.3 Å². The monoisotopic (exact) mass is 298 g/mol. The van der Waals surface area contributed by atoms with E-state index in [1.54, 1.807) is 0 Å². The van der Waals surface area contributed by atoms with Gasteiger partial charge in [0.1, 0.15) is 0 Å². The molecule has 2 saturated heterocycles. The number of piperidine rings is 1. The van der Waals surface area contributed by atoms with Crippen LogP contribution in [-0.2, 0) is 0 Å². The van der Waals surface area contributed by atoms with Crippen LogP contribution in [-0.4, -0.2) is 31.1 Å². The normalized spacial score (nSPS) is 29.2. The smallest absolute Gasteiger partial charge is 0.0595 e. The molecule has 104 valence electrons. The number of halogens is 2. The van der Waals surface area contributed by atoms with Crippen molar-refractivity contribution in [3.63, 3.8) is 0 Å². The largest absolute Gasteiger partial charge is 0.316 e. The Labute approximate surface area is 125 Å². The van der Waals surface area contributed by atoms with Gasteiger partial charge in [-0.2, -0.15) is 0 Å². The van der Waals surface area contributed by atoms with Crippen molar-refractivity contribution >= 4 is 23.2 Å². The minimum atomic E-state index is 0.413. The molecule has 2 fully saturated rings. The summed E-state index contributed by atoms with van der Waals surface area (Å²) in [7, 11) is 0. The van der Waals surface area contributed by atoms with E-state index in [1.807, 2.05) is 12.1 Å². The molecular formula is C15H20Cl2N2. The molecule has 1 aromatic carbocycles. The molecule has 4 heteroatoms. The van der Waals surface area contributed by atoms with E-state index in [9.17, 15) is 0 Å². The fourth-order valence-electron chi connectivity index (χ4n) is 3.40. The average molecular weight is 299 g/mol. The van der Waals surface area contributed by atoms with Crippen LogP contribution in [0.15, 0.2) is 18.2 Å². The van der Waals surface area contributed by atoms with Crippen LogP contribution in [0.5, 0.6) is 0 Å². The summed E-state index contributed by atoms with van der Waals surface area (Å²) >= 11 is 12.1. The van der Waals surface area contributed by atoms with E-state index in [1.165, 1.54) is 38.2 Å². The lowest BCUT2D eigenvalue weighted by atomic mass is 9.87. The van der Waals surface area contributed by atoms with Gasteiger partial charge in [-0.1, -0.05) is 29.3 Å². The van der Waals surface area contributed by atoms with E-state index in [2.05, 4.69) is 23.2 Å². The molecule has 0 aliphatic carbocycles. The zero-order chi connectivity index (χ0) is 13.4. The molecule has 2 nitrogen and oxygen atoms in total. The Morgan fingerprint density at radius 1 is 1.21 bits per heavy atom. The Balaban J connectivity index is 1.72. The molecule has 0 bridgehead atoms. The van der Waals surface area contributed by atoms with E-state index in [0.29, 0.717) is 16.1 Å². The Hall–Kier alpha value is -0.280. The molecule has 3 atom stereocenters. The summed E-state index contributed by atoms with van der Waals surface area (Å²) < 4.78 is 0. The van der Waals surface area contributed by atoms with Crippen molar-refractivity contribution in [3.8, 4) is 0 Å². The summed E-state index contributed by atoms with van der Waals surface area (Å²) in [5, 5.41) is 4.81. The quantitative estimate of drug-likeness (QED) is 0.897. The van der Waals surface area contributed by atoms with Gasteiger partial charge >= 0.3 is 0 Å². The van der Waals surface area contributed by atoms with Gasteiger partial charge in [-0.25, -0.2) is 0 Å². The highest BCUT2D eigenvalue weighted by Crippen LogP contribution is 2.33. The molecule has 0 spiro atoms. The van der Waals surface area contributed by atoms with Crippen LogP contribution in [0.25, 0.3) is 0 Å². The second kappa shape index (κ2) is 5.61. The molecule has 19 heavy (non-hydrogen) atoms. The Morgan fingerprint density at radius 3 is 2.79 bits per heavy atom. The third-order valence-electron chi connectivity index (χ3n) is 4.71. The molecule has 0 amide bonds. The van der Waals surface area contributed by atoms with Crippen molar-refractivity contribution in [1.82, 2.24) is 10.2 Å². The highest BCUT2D eigenvalue weighted by Gasteiger charge is 2.34. The first-order valence-corrected chi connectivity index (χ1v) is 7.80. The molecule has 0 saturated carbocycles. The zero-order valence-electron chi connectivity index (χ0n) is 11.2. The van der Waals surface area contributed by atoms with Gasteiger partial charge < -0.3 is 5.32 Å². The van der Waals surface area contributed by atoms with Gasteiger partial charge in [0.15, 0.2) is 0 Å². The maximum Gasteiger partial charge on any atom is 0.0595 e. The molecule has 2 aliphatic heterocycles. The standard InChI is InChI=1S/C15H20Cl2N2/c1-10(11-2-3-14(16)15(17)6-11)19-5-4-12-7-18-8-13(12)9-19/h2-3,6,10,12-13,18H,4-5,7-9H2,1H3. The maximum absolute atomic E-state index is 6.13. The van der Waals surface area contributed by atoms with Crippen molar-refractivity contribution in [2.24, 2.45) is 11.8 Å². The number of nitrogens with zero attached hydrogens (tertiary/aromatic N) is 1. The fraction of sp³-hybridized carbons (Fsp3) is 0.600. The zero-order valence-corrected chi connectivity index (χ0v) is 12.7. The van der Waals surface area contributed by atoms with Crippen LogP contribution in [0.4, 0.5) is 0 Å². The lowest BCUT2D eigenvalue weighted by Crippen LogP contribution is -2.41. The number of benzene rings is 1. The van der Waals surface area contributed by atoms with Crippen LogP contribution < -0.4 is 5.32 Å². The Bertz CT molecular complexity index is 463. The SMILES string of the molecule is CC(c1ccc(Cl)c(Cl)c1)N1CCC2CNCC2C1. The van der Waals surface area contributed by atoms with E-state index in [0.717, 1.165) is 11.8 Å². The van der Waals surface area contributed by atoms with Gasteiger partial charge in [0, 0.05) is 12.6 Å². The Morgan fingerprint density at radius 2 is 2.00 bits per heavy atom. The third-order valence-corrected chi connectivity index (χ3v) is 5.45. The lowest BCUT2D eigenvalue weighted by molar-refractivity contribution is 0.111. The number of hydrogen-bond donors (Lipinski definition) is 1. The highest BCUT2D eigenvalue weighted by atomic mass is 35.5. The van der Waals surface area contributed by atoms with Crippen molar-refractivity contribution in [2.75, 3.05) is 26.2 Å². The minimum absolute atomic E-state index is 0.413. The van der Waals surface area contributed by atoms with E-state index in [4.69, 9.17) is 23.2 Å². The number of rotatable bonds is 2. The van der Waals surface area contributed by atoms with Crippen molar-refractivity contribution in [2.45, 2.75) is 19.4 Å². The first kappa shape index (κ1) is 13.7. The Kier molecular flexibility index (Phi) is 4.04. The minimum Gasteiger partial charge on any atom is -0.316 e. The molecule has 1 aromatic rings. The second-order valence-electron chi connectivity index (χ2n) is 5.81. The molecule has 1 N–H and O–H groups in total. The van der Waals surface area contributed by atoms with Crippen LogP contribution in [0.1, 0.15) is 24.9 Å². The van der Waals surface area contributed by atoms with Gasteiger partial charge in [0.05, 0.1) is 10.0 Å². The summed E-state index contributed by atoms with van der Waals surface area (Å²) in [6.07, 6.45) is 1.31. The summed E-state index contributed by atoms with van der Waals surface area (Å²) in [4.78, 5) is 2.58. The number of nitrogens with one attached hydrogen (secondary N) is 1. The molecule has 2 heterocycles. The summed E-state index contributed by atoms with van der Waals surface area (Å²) in [6.45, 7) is 7.03. The van der Waals surface area contributed by atoms with E-state index < -0.39 is 0 Å². The highest BCUT2D eigenvalue weighted by molar-refractivity contribution is 6.42. The first-order chi connectivity index (χ1) is 9.15. The van der Waals surface area contributed by atoms with Gasteiger partial charge in [-0.05, 0) is 62.5 Å². The molecule has 3 unspecified atom stereocenters. The molecular weight excluding hydrogens is 279 g/mol. The van der Waals surface area contributed by atoms with E-state index >= 15 is 0 Å².